The quantitative estimate of drug-likeness (QED) is 0.513. The second-order valence-corrected chi connectivity index (χ2v) is 5.10. The van der Waals surface area contributed by atoms with Gasteiger partial charge >= 0.3 is 0 Å². The Kier molecular flexibility index (Phi) is 1.84. The van der Waals surface area contributed by atoms with Crippen LogP contribution >= 0.6 is 0 Å². The van der Waals surface area contributed by atoms with Crippen LogP contribution in [0.1, 0.15) is 25.7 Å². The molecule has 78 valence electrons. The van der Waals surface area contributed by atoms with E-state index in [1.165, 1.54) is 25.7 Å². The average molecular weight is 195 g/mol. The number of rotatable bonds is 1. The highest BCUT2D eigenvalue weighted by Gasteiger charge is 2.52. The Labute approximate surface area is 84.1 Å². The molecule has 0 aromatic carbocycles. The van der Waals surface area contributed by atoms with Crippen LogP contribution in [0.5, 0.6) is 0 Å². The predicted octanol–water partition coefficient (Wildman–Crippen LogP) is 1.90. The molecule has 4 rings (SSSR count). The Morgan fingerprint density at radius 3 is 2.86 bits per heavy atom. The summed E-state index contributed by atoms with van der Waals surface area (Å²) in [5.41, 5.74) is 1.03. The van der Waals surface area contributed by atoms with Crippen molar-refractivity contribution in [3.05, 3.63) is 0 Å². The molecule has 4 aliphatic rings. The second-order valence-electron chi connectivity index (χ2n) is 5.10. The van der Waals surface area contributed by atoms with Crippen molar-refractivity contribution in [3.63, 3.8) is 0 Å². The molecule has 4 bridgehead atoms. The summed E-state index contributed by atoms with van der Waals surface area (Å²) >= 11 is 0. The Balaban J connectivity index is 1.95. The van der Waals surface area contributed by atoms with Gasteiger partial charge in [-0.15, -0.1) is 0 Å². The summed E-state index contributed by atoms with van der Waals surface area (Å²) in [6.45, 7) is 0. The first-order valence-corrected chi connectivity index (χ1v) is 5.58. The van der Waals surface area contributed by atoms with Gasteiger partial charge in [-0.2, -0.15) is 0 Å². The fraction of sp³-hybridized carbons (Fsp3) is 0.909. The lowest BCUT2D eigenvalue weighted by Crippen LogP contribution is -2.54. The lowest BCUT2D eigenvalue weighted by atomic mass is 9.54. The van der Waals surface area contributed by atoms with Crippen molar-refractivity contribution < 1.29 is 9.94 Å². The van der Waals surface area contributed by atoms with Crippen molar-refractivity contribution in [1.29, 1.82) is 0 Å². The monoisotopic (exact) mass is 195 g/mol. The van der Waals surface area contributed by atoms with Crippen molar-refractivity contribution in [2.24, 2.45) is 28.8 Å². The van der Waals surface area contributed by atoms with Crippen LogP contribution < -0.4 is 0 Å². The van der Waals surface area contributed by atoms with Gasteiger partial charge in [0.25, 0.3) is 0 Å². The van der Waals surface area contributed by atoms with Crippen molar-refractivity contribution in [1.82, 2.24) is 0 Å². The van der Waals surface area contributed by atoms with E-state index in [2.05, 4.69) is 5.16 Å². The van der Waals surface area contributed by atoms with Gasteiger partial charge in [0, 0.05) is 18.9 Å². The van der Waals surface area contributed by atoms with E-state index in [1.54, 1.807) is 7.11 Å². The first kappa shape index (κ1) is 8.72. The molecular formula is C11H17NO2. The van der Waals surface area contributed by atoms with Gasteiger partial charge in [-0.3, -0.25) is 0 Å². The number of oxime groups is 1. The highest BCUT2D eigenvalue weighted by Crippen LogP contribution is 2.53. The maximum Gasteiger partial charge on any atom is 0.0681 e. The van der Waals surface area contributed by atoms with E-state index in [0.717, 1.165) is 17.5 Å². The molecule has 0 saturated heterocycles. The molecule has 5 unspecified atom stereocenters. The smallest absolute Gasteiger partial charge is 0.0681 e. The van der Waals surface area contributed by atoms with Crippen molar-refractivity contribution >= 4 is 5.71 Å². The van der Waals surface area contributed by atoms with E-state index >= 15 is 0 Å². The maximum absolute atomic E-state index is 9.04. The van der Waals surface area contributed by atoms with E-state index in [9.17, 15) is 0 Å². The summed E-state index contributed by atoms with van der Waals surface area (Å²) in [7, 11) is 1.79. The molecular weight excluding hydrogens is 178 g/mol. The van der Waals surface area contributed by atoms with Crippen LogP contribution in [0, 0.1) is 23.7 Å². The zero-order valence-corrected chi connectivity index (χ0v) is 8.52. The van der Waals surface area contributed by atoms with E-state index in [4.69, 9.17) is 9.94 Å². The lowest BCUT2D eigenvalue weighted by Gasteiger charge is -2.53. The first-order chi connectivity index (χ1) is 6.83. The average Bonchev–Trinajstić information content (AvgIpc) is 2.17. The molecule has 0 aromatic rings. The molecule has 0 heterocycles. The van der Waals surface area contributed by atoms with Crippen molar-refractivity contribution in [2.75, 3.05) is 7.11 Å². The van der Waals surface area contributed by atoms with Crippen LogP contribution in [0.4, 0.5) is 0 Å². The minimum Gasteiger partial charge on any atom is -0.411 e. The Morgan fingerprint density at radius 1 is 1.29 bits per heavy atom. The van der Waals surface area contributed by atoms with Gasteiger partial charge < -0.3 is 9.94 Å². The molecule has 1 N–H and O–H groups in total. The Hall–Kier alpha value is -0.570. The third-order valence-corrected chi connectivity index (χ3v) is 4.48. The molecule has 0 radical (unpaired) electrons. The Bertz CT molecular complexity index is 276. The van der Waals surface area contributed by atoms with Gasteiger partial charge in [-0.05, 0) is 37.5 Å². The molecule has 4 saturated carbocycles. The first-order valence-electron chi connectivity index (χ1n) is 5.58. The molecule has 0 amide bonds. The van der Waals surface area contributed by atoms with E-state index < -0.39 is 0 Å². The number of hydrogen-bond acceptors (Lipinski definition) is 3. The van der Waals surface area contributed by atoms with E-state index in [1.807, 2.05) is 0 Å². The summed E-state index contributed by atoms with van der Waals surface area (Å²) < 4.78 is 5.57. The van der Waals surface area contributed by atoms with Crippen LogP contribution in [0.2, 0.25) is 0 Å². The van der Waals surface area contributed by atoms with Crippen LogP contribution in [-0.2, 0) is 4.74 Å². The van der Waals surface area contributed by atoms with Gasteiger partial charge in [0.15, 0.2) is 0 Å². The molecule has 14 heavy (non-hydrogen) atoms. The van der Waals surface area contributed by atoms with Gasteiger partial charge in [0.2, 0.25) is 0 Å². The number of ether oxygens (including phenoxy) is 1. The van der Waals surface area contributed by atoms with Crippen LogP contribution in [0.25, 0.3) is 0 Å². The fourth-order valence-corrected chi connectivity index (χ4v) is 4.11. The van der Waals surface area contributed by atoms with E-state index in [0.29, 0.717) is 17.9 Å². The van der Waals surface area contributed by atoms with Gasteiger partial charge in [-0.1, -0.05) is 5.16 Å². The second kappa shape index (κ2) is 2.96. The number of methoxy groups -OCH3 is 1. The minimum absolute atomic E-state index is 0.327. The van der Waals surface area contributed by atoms with Crippen molar-refractivity contribution in [3.8, 4) is 0 Å². The highest BCUT2D eigenvalue weighted by atomic mass is 16.5. The third-order valence-electron chi connectivity index (χ3n) is 4.48. The third kappa shape index (κ3) is 0.991. The lowest BCUT2D eigenvalue weighted by molar-refractivity contribution is -0.0594. The van der Waals surface area contributed by atoms with E-state index in [-0.39, 0.29) is 0 Å². The fourth-order valence-electron chi connectivity index (χ4n) is 4.11. The molecule has 0 spiro atoms. The topological polar surface area (TPSA) is 41.8 Å². The summed E-state index contributed by atoms with van der Waals surface area (Å²) in [5.74, 6) is 2.59. The van der Waals surface area contributed by atoms with Gasteiger partial charge in [0.1, 0.15) is 0 Å². The standard InChI is InChI=1S/C11H17NO2/c1-14-11-8-3-6-2-7(5-8)10(12-13)9(11)4-6/h6-9,11,13H,2-5H2,1H3. The summed E-state index contributed by atoms with van der Waals surface area (Å²) in [5, 5.41) is 12.6. The summed E-state index contributed by atoms with van der Waals surface area (Å²) in [4.78, 5) is 0. The number of nitrogens with zero attached hydrogens (tertiary/aromatic N) is 1. The normalized spacial score (nSPS) is 52.9. The van der Waals surface area contributed by atoms with Crippen LogP contribution in [0.15, 0.2) is 5.16 Å². The SMILES string of the molecule is COC1C2CC3CC(C2)C(=NO)C1C3. The van der Waals surface area contributed by atoms with Gasteiger partial charge in [-0.25, -0.2) is 0 Å². The maximum atomic E-state index is 9.04. The molecule has 3 nitrogen and oxygen atoms in total. The van der Waals surface area contributed by atoms with Crippen molar-refractivity contribution in [2.45, 2.75) is 31.8 Å². The molecule has 3 heteroatoms. The highest BCUT2D eigenvalue weighted by molar-refractivity contribution is 5.91. The molecule has 0 aromatic heterocycles. The zero-order chi connectivity index (χ0) is 9.71. The summed E-state index contributed by atoms with van der Waals surface area (Å²) in [6, 6.07) is 0. The Morgan fingerprint density at radius 2 is 2.14 bits per heavy atom. The largest absolute Gasteiger partial charge is 0.411 e. The molecule has 4 fully saturated rings. The summed E-state index contributed by atoms with van der Waals surface area (Å²) in [6.07, 6.45) is 5.29. The molecule has 0 aliphatic heterocycles. The zero-order valence-electron chi connectivity index (χ0n) is 8.52. The molecule has 4 aliphatic carbocycles. The van der Waals surface area contributed by atoms with Crippen LogP contribution in [-0.4, -0.2) is 24.1 Å². The molecule has 5 atom stereocenters. The van der Waals surface area contributed by atoms with Gasteiger partial charge in [0.05, 0.1) is 11.8 Å². The van der Waals surface area contributed by atoms with Crippen LogP contribution in [0.3, 0.4) is 0 Å². The predicted molar refractivity (Wildman–Crippen MR) is 52.4 cm³/mol. The number of hydrogen-bond donors (Lipinski definition) is 1. The minimum atomic E-state index is 0.327.